The minimum absolute atomic E-state index is 0.0136. The standard InChI is InChI=1S/C25H29F4N5O3S/c1-15-13-18(19(26)14-21(15)33-38(3,36)37)16(2)30-23(35)24(25(27,28)29)31-20-10-6-5-9-17(20)22(32-24)34-11-7-4-8-12-34/h5-6,9-10,13-14,16,31,33H,4,7-8,11-12H2,1-3H3,(H,30,35)/t16-,24?/m1/s1. The molecule has 206 valence electrons. The molecule has 0 bridgehead atoms. The molecule has 2 aromatic rings. The zero-order valence-corrected chi connectivity index (χ0v) is 21.9. The lowest BCUT2D eigenvalue weighted by atomic mass is 9.98. The van der Waals surface area contributed by atoms with Crippen molar-refractivity contribution in [3.8, 4) is 0 Å². The summed E-state index contributed by atoms with van der Waals surface area (Å²) in [6, 6.07) is 7.38. The molecule has 0 radical (unpaired) electrons. The highest BCUT2D eigenvalue weighted by atomic mass is 32.2. The average molecular weight is 556 g/mol. The lowest BCUT2D eigenvalue weighted by Crippen LogP contribution is -2.63. The van der Waals surface area contributed by atoms with Crippen LogP contribution in [-0.4, -0.2) is 56.2 Å². The zero-order chi connectivity index (χ0) is 27.9. The van der Waals surface area contributed by atoms with Crippen LogP contribution in [0.25, 0.3) is 0 Å². The van der Waals surface area contributed by atoms with Crippen molar-refractivity contribution in [2.45, 2.75) is 51.0 Å². The molecular formula is C25H29F4N5O3S. The average Bonchev–Trinajstić information content (AvgIpc) is 2.84. The van der Waals surface area contributed by atoms with E-state index in [1.807, 2.05) is 0 Å². The number of sulfonamides is 1. The second kappa shape index (κ2) is 10.1. The number of piperidine rings is 1. The number of carbonyl (C=O) groups excluding carboxylic acids is 1. The topological polar surface area (TPSA) is 103 Å². The summed E-state index contributed by atoms with van der Waals surface area (Å²) < 4.78 is 84.3. The Bertz CT molecular complexity index is 1370. The second-order valence-electron chi connectivity index (χ2n) is 9.62. The Labute approximate surface area is 218 Å². The van der Waals surface area contributed by atoms with Gasteiger partial charge in [0.25, 0.3) is 5.91 Å². The fourth-order valence-electron chi connectivity index (χ4n) is 4.67. The molecule has 4 rings (SSSR count). The molecule has 2 atom stereocenters. The Kier molecular flexibility index (Phi) is 7.34. The van der Waals surface area contributed by atoms with E-state index >= 15 is 0 Å². The number of aliphatic imine (C=N–C) groups is 1. The number of carbonyl (C=O) groups is 1. The Balaban J connectivity index is 1.71. The van der Waals surface area contributed by atoms with Gasteiger partial charge in [0.1, 0.15) is 11.7 Å². The molecule has 1 unspecified atom stereocenters. The molecule has 2 heterocycles. The van der Waals surface area contributed by atoms with Gasteiger partial charge in [0, 0.05) is 29.9 Å². The third-order valence-corrected chi connectivity index (χ3v) is 7.20. The van der Waals surface area contributed by atoms with Gasteiger partial charge in [0.2, 0.25) is 10.0 Å². The maximum absolute atomic E-state index is 14.9. The molecular weight excluding hydrogens is 526 g/mol. The van der Waals surface area contributed by atoms with Gasteiger partial charge in [0.15, 0.2) is 0 Å². The van der Waals surface area contributed by atoms with Crippen LogP contribution in [0.3, 0.4) is 0 Å². The summed E-state index contributed by atoms with van der Waals surface area (Å²) in [5.41, 5.74) is -2.56. The largest absolute Gasteiger partial charge is 0.441 e. The second-order valence-corrected chi connectivity index (χ2v) is 11.4. The van der Waals surface area contributed by atoms with Crippen molar-refractivity contribution in [2.75, 3.05) is 29.4 Å². The lowest BCUT2D eigenvalue weighted by molar-refractivity contribution is -0.185. The number of likely N-dealkylation sites (tertiary alicyclic amines) is 1. The molecule has 0 spiro atoms. The van der Waals surface area contributed by atoms with E-state index in [1.165, 1.54) is 26.0 Å². The lowest BCUT2D eigenvalue weighted by Gasteiger charge is -2.40. The molecule has 0 aliphatic carbocycles. The van der Waals surface area contributed by atoms with Crippen LogP contribution in [0.15, 0.2) is 41.4 Å². The number of anilines is 2. The van der Waals surface area contributed by atoms with Crippen LogP contribution in [0.1, 0.15) is 48.9 Å². The number of benzene rings is 2. The number of nitrogens with zero attached hydrogens (tertiary/aromatic N) is 2. The fraction of sp³-hybridized carbons (Fsp3) is 0.440. The molecule has 2 aliphatic heterocycles. The summed E-state index contributed by atoms with van der Waals surface area (Å²) in [4.78, 5) is 19.2. The molecule has 3 N–H and O–H groups in total. The predicted molar refractivity (Wildman–Crippen MR) is 137 cm³/mol. The van der Waals surface area contributed by atoms with E-state index in [4.69, 9.17) is 0 Å². The van der Waals surface area contributed by atoms with Gasteiger partial charge in [-0.05, 0) is 62.9 Å². The van der Waals surface area contributed by atoms with Gasteiger partial charge in [-0.25, -0.2) is 17.8 Å². The minimum Gasteiger partial charge on any atom is -0.356 e. The van der Waals surface area contributed by atoms with E-state index in [0.717, 1.165) is 31.6 Å². The van der Waals surface area contributed by atoms with E-state index in [1.54, 1.807) is 23.1 Å². The van der Waals surface area contributed by atoms with Crippen molar-refractivity contribution < 1.29 is 30.8 Å². The van der Waals surface area contributed by atoms with Crippen LogP contribution < -0.4 is 15.4 Å². The third kappa shape index (κ3) is 5.42. The smallest absolute Gasteiger partial charge is 0.356 e. The first-order valence-corrected chi connectivity index (χ1v) is 14.0. The van der Waals surface area contributed by atoms with Crippen molar-refractivity contribution in [3.63, 3.8) is 0 Å². The summed E-state index contributed by atoms with van der Waals surface area (Å²) >= 11 is 0. The first kappa shape index (κ1) is 27.7. The van der Waals surface area contributed by atoms with Crippen molar-refractivity contribution in [2.24, 2.45) is 4.99 Å². The van der Waals surface area contributed by atoms with Crippen molar-refractivity contribution in [3.05, 3.63) is 58.9 Å². The van der Waals surface area contributed by atoms with E-state index in [0.29, 0.717) is 24.2 Å². The van der Waals surface area contributed by atoms with Crippen molar-refractivity contribution >= 4 is 33.1 Å². The molecule has 13 heteroatoms. The highest BCUT2D eigenvalue weighted by Gasteiger charge is 2.63. The molecule has 1 amide bonds. The van der Waals surface area contributed by atoms with E-state index in [2.05, 4.69) is 20.3 Å². The summed E-state index contributed by atoms with van der Waals surface area (Å²) in [5, 5.41) is 4.59. The number of nitrogens with one attached hydrogen (secondary N) is 3. The monoisotopic (exact) mass is 555 g/mol. The van der Waals surface area contributed by atoms with Crippen LogP contribution in [0.2, 0.25) is 0 Å². The Morgan fingerprint density at radius 1 is 1.16 bits per heavy atom. The highest BCUT2D eigenvalue weighted by molar-refractivity contribution is 7.92. The van der Waals surface area contributed by atoms with Crippen molar-refractivity contribution in [1.29, 1.82) is 0 Å². The van der Waals surface area contributed by atoms with Crippen LogP contribution in [0, 0.1) is 12.7 Å². The number of para-hydroxylation sites is 1. The van der Waals surface area contributed by atoms with Crippen LogP contribution in [-0.2, 0) is 14.8 Å². The number of amides is 1. The quantitative estimate of drug-likeness (QED) is 0.478. The van der Waals surface area contributed by atoms with Gasteiger partial charge in [-0.15, -0.1) is 0 Å². The summed E-state index contributed by atoms with van der Waals surface area (Å²) in [6.07, 6.45) is -1.69. The number of halogens is 4. The predicted octanol–water partition coefficient (Wildman–Crippen LogP) is 4.30. The molecule has 2 aromatic carbocycles. The zero-order valence-electron chi connectivity index (χ0n) is 21.1. The van der Waals surface area contributed by atoms with Crippen LogP contribution in [0.5, 0.6) is 0 Å². The molecule has 0 aromatic heterocycles. The number of alkyl halides is 3. The molecule has 0 saturated carbocycles. The maximum Gasteiger partial charge on any atom is 0.441 e. The van der Waals surface area contributed by atoms with E-state index < -0.39 is 39.6 Å². The molecule has 8 nitrogen and oxygen atoms in total. The van der Waals surface area contributed by atoms with Gasteiger partial charge in [-0.2, -0.15) is 13.2 Å². The molecule has 1 fully saturated rings. The SMILES string of the molecule is Cc1cc([C@@H](C)NC(=O)C2(C(F)(F)F)N=C(N3CCCCC3)c3ccccc3N2)c(F)cc1NS(C)(=O)=O. The number of fused-ring (bicyclic) bond motifs is 1. The van der Waals surface area contributed by atoms with Gasteiger partial charge in [0.05, 0.1) is 18.0 Å². The number of hydrogen-bond acceptors (Lipinski definition) is 6. The van der Waals surface area contributed by atoms with Gasteiger partial charge < -0.3 is 15.5 Å². The summed E-state index contributed by atoms with van der Waals surface area (Å²) in [6.45, 7) is 3.88. The third-order valence-electron chi connectivity index (χ3n) is 6.60. The van der Waals surface area contributed by atoms with Gasteiger partial charge in [-0.3, -0.25) is 9.52 Å². The Morgan fingerprint density at radius 2 is 1.82 bits per heavy atom. The molecule has 38 heavy (non-hydrogen) atoms. The van der Waals surface area contributed by atoms with Crippen LogP contribution in [0.4, 0.5) is 28.9 Å². The highest BCUT2D eigenvalue weighted by Crippen LogP contribution is 2.41. The maximum atomic E-state index is 14.9. The minimum atomic E-state index is -5.14. The number of rotatable bonds is 5. The number of amidine groups is 1. The molecule has 1 saturated heterocycles. The summed E-state index contributed by atoms with van der Waals surface area (Å²) in [5.74, 6) is -2.30. The Hall–Kier alpha value is -3.35. The first-order chi connectivity index (χ1) is 17.7. The number of hydrogen-bond donors (Lipinski definition) is 3. The van der Waals surface area contributed by atoms with E-state index in [9.17, 15) is 30.8 Å². The fourth-order valence-corrected chi connectivity index (χ4v) is 5.29. The van der Waals surface area contributed by atoms with E-state index in [-0.39, 0.29) is 22.8 Å². The first-order valence-electron chi connectivity index (χ1n) is 12.1. The van der Waals surface area contributed by atoms with Gasteiger partial charge >= 0.3 is 11.8 Å². The molecule has 2 aliphatic rings. The number of aryl methyl sites for hydroxylation is 1. The summed E-state index contributed by atoms with van der Waals surface area (Å²) in [7, 11) is -3.69. The Morgan fingerprint density at radius 3 is 2.45 bits per heavy atom. The normalized spacial score (nSPS) is 20.6. The van der Waals surface area contributed by atoms with Gasteiger partial charge in [-0.1, -0.05) is 12.1 Å². The van der Waals surface area contributed by atoms with Crippen LogP contribution >= 0.6 is 0 Å². The van der Waals surface area contributed by atoms with Crippen molar-refractivity contribution in [1.82, 2.24) is 10.2 Å².